The number of hydrogen-bond acceptors (Lipinski definition) is 2. The van der Waals surface area contributed by atoms with Gasteiger partial charge in [0.2, 0.25) is 0 Å². The largest absolute Gasteiger partial charge is 0.489 e. The molecule has 2 atom stereocenters. The lowest BCUT2D eigenvalue weighted by atomic mass is 10.0. The topological polar surface area (TPSA) is 21.3 Å². The minimum absolute atomic E-state index is 0.253. The first kappa shape index (κ1) is 17.0. The molecular weight excluding hydrogens is 246 g/mol. The maximum absolute atomic E-state index is 6.30. The van der Waals surface area contributed by atoms with E-state index in [2.05, 4.69) is 58.1 Å². The molecule has 0 saturated carbocycles. The summed E-state index contributed by atoms with van der Waals surface area (Å²) in [4.78, 5) is 0. The third-order valence-corrected chi connectivity index (χ3v) is 3.72. The molecule has 0 heterocycles. The standard InChI is InChI=1S/C18H31NO/c1-6-9-16(19-12-7-2)17(8-3)20-18-11-10-14(4)13-15(18)5/h10-11,13,16-17,19H,6-9,12H2,1-5H3. The Kier molecular flexibility index (Phi) is 7.68. The average Bonchev–Trinajstić information content (AvgIpc) is 2.43. The number of ether oxygens (including phenoxy) is 1. The van der Waals surface area contributed by atoms with Crippen LogP contribution >= 0.6 is 0 Å². The van der Waals surface area contributed by atoms with Gasteiger partial charge in [-0.3, -0.25) is 0 Å². The van der Waals surface area contributed by atoms with E-state index in [-0.39, 0.29) is 6.10 Å². The molecule has 0 spiro atoms. The van der Waals surface area contributed by atoms with Gasteiger partial charge in [0.1, 0.15) is 11.9 Å². The predicted molar refractivity (Wildman–Crippen MR) is 87.6 cm³/mol. The van der Waals surface area contributed by atoms with Crippen LogP contribution in [0.2, 0.25) is 0 Å². The van der Waals surface area contributed by atoms with Crippen molar-refractivity contribution in [3.8, 4) is 5.75 Å². The first-order valence-electron chi connectivity index (χ1n) is 8.09. The molecule has 20 heavy (non-hydrogen) atoms. The van der Waals surface area contributed by atoms with Gasteiger partial charge in [0.25, 0.3) is 0 Å². The Morgan fingerprint density at radius 3 is 2.40 bits per heavy atom. The molecule has 114 valence electrons. The summed E-state index contributed by atoms with van der Waals surface area (Å²) in [7, 11) is 0. The van der Waals surface area contributed by atoms with Gasteiger partial charge < -0.3 is 10.1 Å². The molecule has 2 unspecified atom stereocenters. The Balaban J connectivity index is 2.76. The summed E-state index contributed by atoms with van der Waals surface area (Å²) in [5.74, 6) is 1.03. The summed E-state index contributed by atoms with van der Waals surface area (Å²) in [5, 5.41) is 3.65. The van der Waals surface area contributed by atoms with Crippen LogP contribution in [0.4, 0.5) is 0 Å². The molecule has 0 amide bonds. The van der Waals surface area contributed by atoms with Crippen LogP contribution in [0.15, 0.2) is 18.2 Å². The molecule has 1 aromatic rings. The van der Waals surface area contributed by atoms with E-state index in [9.17, 15) is 0 Å². The molecular formula is C18H31NO. The van der Waals surface area contributed by atoms with Gasteiger partial charge in [-0.2, -0.15) is 0 Å². The van der Waals surface area contributed by atoms with Crippen molar-refractivity contribution in [2.75, 3.05) is 6.54 Å². The molecule has 0 bridgehead atoms. The van der Waals surface area contributed by atoms with Crippen molar-refractivity contribution in [2.45, 2.75) is 72.4 Å². The van der Waals surface area contributed by atoms with Crippen LogP contribution in [0, 0.1) is 13.8 Å². The molecule has 2 nitrogen and oxygen atoms in total. The number of aryl methyl sites for hydroxylation is 2. The van der Waals surface area contributed by atoms with Gasteiger partial charge in [-0.05, 0) is 51.3 Å². The third kappa shape index (κ3) is 5.16. The van der Waals surface area contributed by atoms with Crippen LogP contribution in [0.3, 0.4) is 0 Å². The Hall–Kier alpha value is -1.02. The summed E-state index contributed by atoms with van der Waals surface area (Å²) < 4.78 is 6.30. The highest BCUT2D eigenvalue weighted by Crippen LogP contribution is 2.22. The SMILES string of the molecule is CCCNC(CCC)C(CC)Oc1ccc(C)cc1C. The molecule has 0 aromatic heterocycles. The highest BCUT2D eigenvalue weighted by Gasteiger charge is 2.20. The van der Waals surface area contributed by atoms with E-state index in [1.54, 1.807) is 0 Å². The fourth-order valence-corrected chi connectivity index (χ4v) is 2.60. The second-order valence-electron chi connectivity index (χ2n) is 5.68. The van der Waals surface area contributed by atoms with Crippen molar-refractivity contribution in [1.29, 1.82) is 0 Å². The molecule has 0 aliphatic heterocycles. The van der Waals surface area contributed by atoms with Gasteiger partial charge in [0, 0.05) is 6.04 Å². The molecule has 0 radical (unpaired) electrons. The van der Waals surface area contributed by atoms with Crippen molar-refractivity contribution in [3.05, 3.63) is 29.3 Å². The van der Waals surface area contributed by atoms with Crippen molar-refractivity contribution in [1.82, 2.24) is 5.32 Å². The smallest absolute Gasteiger partial charge is 0.122 e. The van der Waals surface area contributed by atoms with Crippen LogP contribution in [0.5, 0.6) is 5.75 Å². The first-order valence-corrected chi connectivity index (χ1v) is 8.09. The fourth-order valence-electron chi connectivity index (χ4n) is 2.60. The Morgan fingerprint density at radius 1 is 1.10 bits per heavy atom. The maximum atomic E-state index is 6.30. The normalized spacial score (nSPS) is 14.1. The van der Waals surface area contributed by atoms with E-state index in [0.717, 1.165) is 18.7 Å². The Bertz CT molecular complexity index is 389. The Labute approximate surface area is 124 Å². The van der Waals surface area contributed by atoms with E-state index < -0.39 is 0 Å². The summed E-state index contributed by atoms with van der Waals surface area (Å²) >= 11 is 0. The van der Waals surface area contributed by atoms with Crippen molar-refractivity contribution >= 4 is 0 Å². The van der Waals surface area contributed by atoms with Gasteiger partial charge in [0.15, 0.2) is 0 Å². The van der Waals surface area contributed by atoms with Crippen molar-refractivity contribution in [3.63, 3.8) is 0 Å². The molecule has 1 rings (SSSR count). The van der Waals surface area contributed by atoms with Crippen molar-refractivity contribution < 1.29 is 4.74 Å². The predicted octanol–water partition coefficient (Wildman–Crippen LogP) is 4.63. The second kappa shape index (κ2) is 9.02. The van der Waals surface area contributed by atoms with Crippen LogP contribution < -0.4 is 10.1 Å². The van der Waals surface area contributed by atoms with Crippen LogP contribution in [-0.4, -0.2) is 18.7 Å². The molecule has 1 N–H and O–H groups in total. The number of nitrogens with one attached hydrogen (secondary N) is 1. The van der Waals surface area contributed by atoms with Crippen LogP contribution in [0.25, 0.3) is 0 Å². The van der Waals surface area contributed by atoms with E-state index in [0.29, 0.717) is 6.04 Å². The lowest BCUT2D eigenvalue weighted by Gasteiger charge is -2.28. The number of hydrogen-bond donors (Lipinski definition) is 1. The zero-order chi connectivity index (χ0) is 15.0. The van der Waals surface area contributed by atoms with E-state index in [1.165, 1.54) is 30.4 Å². The summed E-state index contributed by atoms with van der Waals surface area (Å²) in [6.45, 7) is 12.0. The zero-order valence-electron chi connectivity index (χ0n) is 13.8. The lowest BCUT2D eigenvalue weighted by Crippen LogP contribution is -2.43. The van der Waals surface area contributed by atoms with Crippen molar-refractivity contribution in [2.24, 2.45) is 0 Å². The molecule has 0 aliphatic rings. The van der Waals surface area contributed by atoms with Gasteiger partial charge in [-0.1, -0.05) is 44.9 Å². The van der Waals surface area contributed by atoms with Crippen LogP contribution in [0.1, 0.15) is 57.6 Å². The van der Waals surface area contributed by atoms with Gasteiger partial charge in [-0.15, -0.1) is 0 Å². The first-order chi connectivity index (χ1) is 9.62. The van der Waals surface area contributed by atoms with Gasteiger partial charge in [0.05, 0.1) is 0 Å². The van der Waals surface area contributed by atoms with Gasteiger partial charge >= 0.3 is 0 Å². The average molecular weight is 277 g/mol. The molecule has 1 aromatic carbocycles. The molecule has 0 saturated heterocycles. The quantitative estimate of drug-likeness (QED) is 0.710. The highest BCUT2D eigenvalue weighted by atomic mass is 16.5. The van der Waals surface area contributed by atoms with Gasteiger partial charge in [-0.25, -0.2) is 0 Å². The number of rotatable bonds is 9. The highest BCUT2D eigenvalue weighted by molar-refractivity contribution is 5.35. The molecule has 2 heteroatoms. The minimum Gasteiger partial charge on any atom is -0.489 e. The summed E-state index contributed by atoms with van der Waals surface area (Å²) in [6.07, 6.45) is 4.81. The Morgan fingerprint density at radius 2 is 1.85 bits per heavy atom. The van der Waals surface area contributed by atoms with E-state index >= 15 is 0 Å². The second-order valence-corrected chi connectivity index (χ2v) is 5.68. The fraction of sp³-hybridized carbons (Fsp3) is 0.667. The zero-order valence-corrected chi connectivity index (χ0v) is 13.8. The monoisotopic (exact) mass is 277 g/mol. The minimum atomic E-state index is 0.253. The lowest BCUT2D eigenvalue weighted by molar-refractivity contribution is 0.141. The summed E-state index contributed by atoms with van der Waals surface area (Å²) in [6, 6.07) is 6.88. The third-order valence-electron chi connectivity index (χ3n) is 3.72. The molecule has 0 fully saturated rings. The molecule has 0 aliphatic carbocycles. The number of benzene rings is 1. The van der Waals surface area contributed by atoms with Crippen LogP contribution in [-0.2, 0) is 0 Å². The van der Waals surface area contributed by atoms with E-state index in [4.69, 9.17) is 4.74 Å². The maximum Gasteiger partial charge on any atom is 0.122 e. The van der Waals surface area contributed by atoms with E-state index in [1.807, 2.05) is 0 Å². The summed E-state index contributed by atoms with van der Waals surface area (Å²) in [5.41, 5.74) is 2.52.